The van der Waals surface area contributed by atoms with Crippen molar-refractivity contribution in [3.63, 3.8) is 0 Å². The molecule has 2 fully saturated rings. The number of anilines is 1. The second kappa shape index (κ2) is 9.56. The Morgan fingerprint density at radius 3 is 2.56 bits per heavy atom. The number of benzene rings is 1. The van der Waals surface area contributed by atoms with Crippen LogP contribution in [0.25, 0.3) is 0 Å². The molecule has 2 amide bonds. The van der Waals surface area contributed by atoms with Crippen molar-refractivity contribution in [3.05, 3.63) is 29.8 Å². The molecule has 2 aliphatic heterocycles. The van der Waals surface area contributed by atoms with Gasteiger partial charge in [0, 0.05) is 25.9 Å². The molecule has 1 aliphatic carbocycles. The van der Waals surface area contributed by atoms with Gasteiger partial charge in [0.1, 0.15) is 6.04 Å². The Kier molecular flexibility index (Phi) is 6.78. The van der Waals surface area contributed by atoms with Crippen LogP contribution >= 0.6 is 0 Å². The minimum absolute atomic E-state index is 0.0306. The molecule has 2 heterocycles. The maximum Gasteiger partial charge on any atom is 0.330 e. The topological polar surface area (TPSA) is 116 Å². The van der Waals surface area contributed by atoms with Gasteiger partial charge in [0.25, 0.3) is 5.91 Å². The van der Waals surface area contributed by atoms with Crippen LogP contribution in [0.5, 0.6) is 0 Å². The molecule has 1 saturated carbocycles. The van der Waals surface area contributed by atoms with Crippen LogP contribution in [0.4, 0.5) is 5.69 Å². The second-order valence-electron chi connectivity index (χ2n) is 8.92. The van der Waals surface area contributed by atoms with Gasteiger partial charge in [-0.15, -0.1) is 0 Å². The highest BCUT2D eigenvalue weighted by molar-refractivity contribution is 5.96. The molecule has 1 saturated heterocycles. The fraction of sp³-hybridized carbons (Fsp3) is 0.609. The zero-order chi connectivity index (χ0) is 22.8. The first-order valence-corrected chi connectivity index (χ1v) is 11.5. The molecule has 0 aromatic heterocycles. The number of aliphatic hydroxyl groups excluding tert-OH is 1. The highest BCUT2D eigenvalue weighted by atomic mass is 16.6. The van der Waals surface area contributed by atoms with Gasteiger partial charge in [0.15, 0.2) is 12.5 Å². The van der Waals surface area contributed by atoms with Crippen molar-refractivity contribution in [2.75, 3.05) is 11.6 Å². The van der Waals surface area contributed by atoms with E-state index in [0.29, 0.717) is 30.6 Å². The molecule has 3 aliphatic rings. The third kappa shape index (κ3) is 4.37. The van der Waals surface area contributed by atoms with E-state index in [1.165, 1.54) is 11.8 Å². The number of rotatable bonds is 2. The summed E-state index contributed by atoms with van der Waals surface area (Å²) in [5, 5.41) is 11.7. The van der Waals surface area contributed by atoms with Crippen molar-refractivity contribution in [1.29, 1.82) is 0 Å². The Hall–Kier alpha value is -2.49. The van der Waals surface area contributed by atoms with Crippen LogP contribution < -0.4 is 10.9 Å². The highest BCUT2D eigenvalue weighted by Gasteiger charge is 2.42. The molecular weight excluding hydrogens is 412 g/mol. The standard InChI is InChI=1S/C23H32N4O5/c1-15(28)26(17-9-3-2-4-10-17)19-14-16-8-5-6-11-18(16)27(24)22(30)21(29)25-13-7-12-20(25)32-23(19)31/h5-6,8,11,17,19-21,29H,2-4,7,9-10,12-14,24H2,1H3. The molecule has 32 heavy (non-hydrogen) atoms. The number of carbonyl (C=O) groups is 3. The van der Waals surface area contributed by atoms with Crippen molar-refractivity contribution in [1.82, 2.24) is 9.80 Å². The number of nitrogens with zero attached hydrogens (tertiary/aromatic N) is 3. The Morgan fingerprint density at radius 1 is 1.12 bits per heavy atom. The summed E-state index contributed by atoms with van der Waals surface area (Å²) < 4.78 is 5.83. The predicted octanol–water partition coefficient (Wildman–Crippen LogP) is 1.28. The van der Waals surface area contributed by atoms with E-state index in [-0.39, 0.29) is 18.4 Å². The molecule has 1 aromatic rings. The third-order valence-electron chi connectivity index (χ3n) is 6.87. The average molecular weight is 445 g/mol. The van der Waals surface area contributed by atoms with Crippen LogP contribution in [0, 0.1) is 0 Å². The number of ether oxygens (including phenoxy) is 1. The maximum atomic E-state index is 13.5. The number of nitrogens with two attached hydrogens (primary N) is 1. The molecular formula is C23H32N4O5. The number of para-hydroxylation sites is 1. The molecule has 0 bridgehead atoms. The van der Waals surface area contributed by atoms with Gasteiger partial charge >= 0.3 is 5.97 Å². The molecule has 3 unspecified atom stereocenters. The number of fused-ring (bicyclic) bond motifs is 2. The van der Waals surface area contributed by atoms with E-state index in [9.17, 15) is 19.5 Å². The highest BCUT2D eigenvalue weighted by Crippen LogP contribution is 2.31. The van der Waals surface area contributed by atoms with Gasteiger partial charge in [0.2, 0.25) is 5.91 Å². The number of aliphatic hydroxyl groups is 1. The number of hydrogen-bond donors (Lipinski definition) is 2. The van der Waals surface area contributed by atoms with E-state index in [1.54, 1.807) is 29.2 Å². The zero-order valence-electron chi connectivity index (χ0n) is 18.5. The van der Waals surface area contributed by atoms with Crippen LogP contribution in [0.2, 0.25) is 0 Å². The lowest BCUT2D eigenvalue weighted by Crippen LogP contribution is -2.55. The number of carbonyl (C=O) groups excluding carboxylic acids is 3. The summed E-state index contributed by atoms with van der Waals surface area (Å²) in [7, 11) is 0. The van der Waals surface area contributed by atoms with E-state index in [0.717, 1.165) is 37.1 Å². The van der Waals surface area contributed by atoms with Crippen LogP contribution in [-0.2, 0) is 25.5 Å². The van der Waals surface area contributed by atoms with Gasteiger partial charge in [-0.2, -0.15) is 0 Å². The van der Waals surface area contributed by atoms with Crippen LogP contribution in [0.1, 0.15) is 57.4 Å². The van der Waals surface area contributed by atoms with E-state index >= 15 is 0 Å². The average Bonchev–Trinajstić information content (AvgIpc) is 3.25. The third-order valence-corrected chi connectivity index (χ3v) is 6.87. The summed E-state index contributed by atoms with van der Waals surface area (Å²) in [6.45, 7) is 1.90. The summed E-state index contributed by atoms with van der Waals surface area (Å²) in [5.74, 6) is 4.79. The lowest BCUT2D eigenvalue weighted by atomic mass is 9.91. The van der Waals surface area contributed by atoms with E-state index in [4.69, 9.17) is 10.6 Å². The normalized spacial score (nSPS) is 27.8. The van der Waals surface area contributed by atoms with Gasteiger partial charge in [-0.25, -0.2) is 20.5 Å². The van der Waals surface area contributed by atoms with Gasteiger partial charge in [-0.3, -0.25) is 9.59 Å². The lowest BCUT2D eigenvalue weighted by Gasteiger charge is -2.39. The number of hydrazine groups is 1. The summed E-state index contributed by atoms with van der Waals surface area (Å²) >= 11 is 0. The van der Waals surface area contributed by atoms with E-state index < -0.39 is 30.4 Å². The first kappa shape index (κ1) is 22.7. The Balaban J connectivity index is 1.77. The minimum atomic E-state index is -1.52. The summed E-state index contributed by atoms with van der Waals surface area (Å²) in [6, 6.07) is 6.14. The molecule has 3 N–H and O–H groups in total. The molecule has 4 rings (SSSR count). The maximum absolute atomic E-state index is 13.5. The molecule has 3 atom stereocenters. The fourth-order valence-corrected chi connectivity index (χ4v) is 5.27. The zero-order valence-corrected chi connectivity index (χ0v) is 18.5. The van der Waals surface area contributed by atoms with Crippen LogP contribution in [-0.4, -0.2) is 63.8 Å². The quantitative estimate of drug-likeness (QED) is 0.401. The summed E-state index contributed by atoms with van der Waals surface area (Å²) in [6.07, 6.45) is 3.94. The van der Waals surface area contributed by atoms with Crippen molar-refractivity contribution in [3.8, 4) is 0 Å². The van der Waals surface area contributed by atoms with E-state index in [1.807, 2.05) is 0 Å². The first-order valence-electron chi connectivity index (χ1n) is 11.5. The van der Waals surface area contributed by atoms with Crippen molar-refractivity contribution >= 4 is 23.5 Å². The fourth-order valence-electron chi connectivity index (χ4n) is 5.27. The van der Waals surface area contributed by atoms with Gasteiger partial charge in [-0.05, 0) is 37.3 Å². The molecule has 9 nitrogen and oxygen atoms in total. The minimum Gasteiger partial charge on any atom is -0.445 e. The summed E-state index contributed by atoms with van der Waals surface area (Å²) in [4.78, 5) is 42.4. The predicted molar refractivity (Wildman–Crippen MR) is 117 cm³/mol. The Morgan fingerprint density at radius 2 is 1.84 bits per heavy atom. The monoisotopic (exact) mass is 444 g/mol. The van der Waals surface area contributed by atoms with Crippen molar-refractivity contribution in [2.45, 2.75) is 82.8 Å². The molecule has 9 heteroatoms. The molecule has 1 aromatic carbocycles. The second-order valence-corrected chi connectivity index (χ2v) is 8.92. The van der Waals surface area contributed by atoms with Gasteiger partial charge in [-0.1, -0.05) is 37.5 Å². The van der Waals surface area contributed by atoms with Crippen LogP contribution in [0.3, 0.4) is 0 Å². The van der Waals surface area contributed by atoms with Crippen LogP contribution in [0.15, 0.2) is 24.3 Å². The molecule has 0 radical (unpaired) electrons. The molecule has 0 spiro atoms. The number of amides is 2. The van der Waals surface area contributed by atoms with Gasteiger partial charge < -0.3 is 14.7 Å². The molecule has 174 valence electrons. The van der Waals surface area contributed by atoms with Crippen molar-refractivity contribution < 1.29 is 24.2 Å². The lowest BCUT2D eigenvalue weighted by molar-refractivity contribution is -0.177. The smallest absolute Gasteiger partial charge is 0.330 e. The SMILES string of the molecule is CC(=O)N(C1CCCCC1)C1Cc2ccccc2N(N)C(=O)C(O)N2CCCC2OC1=O. The largest absolute Gasteiger partial charge is 0.445 e. The summed E-state index contributed by atoms with van der Waals surface area (Å²) in [5.41, 5.74) is 1.04. The Bertz CT molecular complexity index is 872. The first-order chi connectivity index (χ1) is 15.4. The number of hydrogen-bond acceptors (Lipinski definition) is 7. The Labute approximate surface area is 188 Å². The van der Waals surface area contributed by atoms with Gasteiger partial charge in [0.05, 0.1) is 5.69 Å². The number of esters is 1. The van der Waals surface area contributed by atoms with E-state index in [2.05, 4.69) is 0 Å². The van der Waals surface area contributed by atoms with Crippen molar-refractivity contribution in [2.24, 2.45) is 5.84 Å².